The topological polar surface area (TPSA) is 75.6 Å². The lowest BCUT2D eigenvalue weighted by Gasteiger charge is -2.07. The van der Waals surface area contributed by atoms with E-state index in [2.05, 4.69) is 4.72 Å². The van der Waals surface area contributed by atoms with Gasteiger partial charge in [0.1, 0.15) is 5.82 Å². The smallest absolute Gasteiger partial charge is 0.240 e. The first-order chi connectivity index (χ1) is 8.47. The van der Waals surface area contributed by atoms with Crippen LogP contribution in [-0.2, 0) is 14.8 Å². The zero-order valence-corrected chi connectivity index (χ0v) is 10.8. The second-order valence-corrected chi connectivity index (χ2v) is 5.41. The molecule has 0 radical (unpaired) electrons. The molecule has 102 valence electrons. The minimum Gasteiger partial charge on any atom is -0.394 e. The molecule has 0 fully saturated rings. The average Bonchev–Trinajstić information content (AvgIpc) is 2.32. The second-order valence-electron chi connectivity index (χ2n) is 3.64. The highest BCUT2D eigenvalue weighted by Gasteiger charge is 2.14. The molecule has 1 rings (SSSR count). The molecular formula is C11H16FNO4S. The van der Waals surface area contributed by atoms with E-state index in [0.29, 0.717) is 5.56 Å². The van der Waals surface area contributed by atoms with Crippen molar-refractivity contribution in [3.8, 4) is 0 Å². The summed E-state index contributed by atoms with van der Waals surface area (Å²) in [5.41, 5.74) is 0.389. The minimum absolute atomic E-state index is 0.0673. The highest BCUT2D eigenvalue weighted by molar-refractivity contribution is 7.89. The van der Waals surface area contributed by atoms with Crippen LogP contribution >= 0.6 is 0 Å². The first-order valence-corrected chi connectivity index (χ1v) is 6.90. The van der Waals surface area contributed by atoms with Crippen molar-refractivity contribution in [1.82, 2.24) is 4.72 Å². The maximum absolute atomic E-state index is 13.3. The quantitative estimate of drug-likeness (QED) is 0.708. The molecule has 0 unspecified atom stereocenters. The molecule has 0 amide bonds. The Morgan fingerprint density at radius 2 is 2.11 bits per heavy atom. The first-order valence-electron chi connectivity index (χ1n) is 5.42. The maximum atomic E-state index is 13.3. The zero-order valence-electron chi connectivity index (χ0n) is 10.0. The second kappa shape index (κ2) is 6.79. The van der Waals surface area contributed by atoms with Crippen molar-refractivity contribution >= 4 is 10.0 Å². The number of ether oxygens (including phenoxy) is 1. The number of nitrogens with one attached hydrogen (secondary N) is 1. The molecule has 2 N–H and O–H groups in total. The van der Waals surface area contributed by atoms with Crippen LogP contribution in [-0.4, -0.2) is 39.9 Å². The third-order valence-electron chi connectivity index (χ3n) is 2.23. The molecule has 0 aromatic heterocycles. The molecule has 0 saturated heterocycles. The summed E-state index contributed by atoms with van der Waals surface area (Å²) in [5.74, 6) is -0.561. The van der Waals surface area contributed by atoms with Gasteiger partial charge in [-0.25, -0.2) is 17.5 Å². The molecule has 1 aromatic carbocycles. The van der Waals surface area contributed by atoms with Gasteiger partial charge in [-0.3, -0.25) is 0 Å². The average molecular weight is 277 g/mol. The molecule has 18 heavy (non-hydrogen) atoms. The number of aliphatic hydroxyl groups is 1. The summed E-state index contributed by atoms with van der Waals surface area (Å²) in [6.07, 6.45) is 0. The summed E-state index contributed by atoms with van der Waals surface area (Å²) < 4.78 is 43.9. The van der Waals surface area contributed by atoms with E-state index in [1.807, 2.05) is 0 Å². The van der Waals surface area contributed by atoms with Gasteiger partial charge in [0.2, 0.25) is 10.0 Å². The van der Waals surface area contributed by atoms with Crippen molar-refractivity contribution in [2.24, 2.45) is 0 Å². The van der Waals surface area contributed by atoms with Gasteiger partial charge in [0.05, 0.1) is 24.7 Å². The zero-order chi connectivity index (χ0) is 13.6. The lowest BCUT2D eigenvalue weighted by Crippen LogP contribution is -2.27. The SMILES string of the molecule is Cc1ccc(S(=O)(=O)NCCOCCO)cc1F. The molecular weight excluding hydrogens is 261 g/mol. The molecule has 0 aliphatic heterocycles. The summed E-state index contributed by atoms with van der Waals surface area (Å²) in [4.78, 5) is -0.118. The minimum atomic E-state index is -3.72. The summed E-state index contributed by atoms with van der Waals surface area (Å²) in [5, 5.41) is 8.45. The normalized spacial score (nSPS) is 11.7. The predicted octanol–water partition coefficient (Wildman–Crippen LogP) is 0.421. The van der Waals surface area contributed by atoms with E-state index in [9.17, 15) is 12.8 Å². The Morgan fingerprint density at radius 1 is 1.39 bits per heavy atom. The van der Waals surface area contributed by atoms with E-state index in [4.69, 9.17) is 9.84 Å². The summed E-state index contributed by atoms with van der Waals surface area (Å²) in [7, 11) is -3.72. The number of sulfonamides is 1. The van der Waals surface area contributed by atoms with Crippen LogP contribution in [0.1, 0.15) is 5.56 Å². The van der Waals surface area contributed by atoms with Crippen LogP contribution in [0, 0.1) is 12.7 Å². The third-order valence-corrected chi connectivity index (χ3v) is 3.69. The van der Waals surface area contributed by atoms with Gasteiger partial charge in [-0.2, -0.15) is 0 Å². The van der Waals surface area contributed by atoms with E-state index >= 15 is 0 Å². The van der Waals surface area contributed by atoms with Crippen molar-refractivity contribution in [1.29, 1.82) is 0 Å². The summed E-state index contributed by atoms with van der Waals surface area (Å²) >= 11 is 0. The number of halogens is 1. The van der Waals surface area contributed by atoms with Gasteiger partial charge in [0.15, 0.2) is 0 Å². The number of hydrogen-bond donors (Lipinski definition) is 2. The van der Waals surface area contributed by atoms with Crippen LogP contribution in [0.15, 0.2) is 23.1 Å². The Bertz CT molecular complexity index is 490. The van der Waals surface area contributed by atoms with Gasteiger partial charge in [-0.05, 0) is 24.6 Å². The first kappa shape index (κ1) is 15.0. The Kier molecular flexibility index (Phi) is 5.67. The van der Waals surface area contributed by atoms with Crippen LogP contribution in [0.25, 0.3) is 0 Å². The van der Waals surface area contributed by atoms with Crippen molar-refractivity contribution < 1.29 is 22.7 Å². The van der Waals surface area contributed by atoms with Crippen molar-refractivity contribution in [3.05, 3.63) is 29.6 Å². The van der Waals surface area contributed by atoms with Gasteiger partial charge in [-0.15, -0.1) is 0 Å². The number of hydrogen-bond acceptors (Lipinski definition) is 4. The fourth-order valence-corrected chi connectivity index (χ4v) is 2.26. The fraction of sp³-hybridized carbons (Fsp3) is 0.455. The highest BCUT2D eigenvalue weighted by Crippen LogP contribution is 2.13. The maximum Gasteiger partial charge on any atom is 0.240 e. The van der Waals surface area contributed by atoms with Gasteiger partial charge in [-0.1, -0.05) is 6.07 Å². The largest absolute Gasteiger partial charge is 0.394 e. The lowest BCUT2D eigenvalue weighted by molar-refractivity contribution is 0.0961. The van der Waals surface area contributed by atoms with Crippen molar-refractivity contribution in [2.45, 2.75) is 11.8 Å². The van der Waals surface area contributed by atoms with Crippen LogP contribution < -0.4 is 4.72 Å². The lowest BCUT2D eigenvalue weighted by atomic mass is 10.2. The van der Waals surface area contributed by atoms with Crippen LogP contribution in [0.4, 0.5) is 4.39 Å². The molecule has 1 aromatic rings. The number of aliphatic hydroxyl groups excluding tert-OH is 1. The van der Waals surface area contributed by atoms with Crippen molar-refractivity contribution in [2.75, 3.05) is 26.4 Å². The molecule has 0 spiro atoms. The van der Waals surface area contributed by atoms with E-state index in [-0.39, 0.29) is 31.3 Å². The summed E-state index contributed by atoms with van der Waals surface area (Å²) in [6, 6.07) is 3.73. The molecule has 0 heterocycles. The molecule has 0 saturated carbocycles. The van der Waals surface area contributed by atoms with Crippen LogP contribution in [0.3, 0.4) is 0 Å². The van der Waals surface area contributed by atoms with Crippen molar-refractivity contribution in [3.63, 3.8) is 0 Å². The van der Waals surface area contributed by atoms with Gasteiger partial charge >= 0.3 is 0 Å². The van der Waals surface area contributed by atoms with E-state index in [1.54, 1.807) is 6.92 Å². The molecule has 0 aliphatic carbocycles. The van der Waals surface area contributed by atoms with E-state index in [0.717, 1.165) is 6.07 Å². The van der Waals surface area contributed by atoms with E-state index in [1.165, 1.54) is 12.1 Å². The van der Waals surface area contributed by atoms with Crippen LogP contribution in [0.5, 0.6) is 0 Å². The number of aryl methyl sites for hydroxylation is 1. The third kappa shape index (κ3) is 4.34. The van der Waals surface area contributed by atoms with E-state index < -0.39 is 15.8 Å². The van der Waals surface area contributed by atoms with Crippen LogP contribution in [0.2, 0.25) is 0 Å². The number of benzene rings is 1. The summed E-state index contributed by atoms with van der Waals surface area (Å²) in [6.45, 7) is 1.81. The Balaban J connectivity index is 2.60. The number of rotatable bonds is 7. The fourth-order valence-electron chi connectivity index (χ4n) is 1.24. The standard InChI is InChI=1S/C11H16FNO4S/c1-9-2-3-10(8-11(9)12)18(15,16)13-4-6-17-7-5-14/h2-3,8,13-14H,4-7H2,1H3. The monoisotopic (exact) mass is 277 g/mol. The Hall–Kier alpha value is -1.02. The molecule has 0 atom stereocenters. The molecule has 0 aliphatic rings. The van der Waals surface area contributed by atoms with Gasteiger partial charge in [0.25, 0.3) is 0 Å². The van der Waals surface area contributed by atoms with Gasteiger partial charge < -0.3 is 9.84 Å². The predicted molar refractivity (Wildman–Crippen MR) is 64.2 cm³/mol. The molecule has 5 nitrogen and oxygen atoms in total. The van der Waals surface area contributed by atoms with Gasteiger partial charge in [0, 0.05) is 6.54 Å². The highest BCUT2D eigenvalue weighted by atomic mass is 32.2. The Labute approximate surface area is 106 Å². The molecule has 0 bridgehead atoms. The molecule has 7 heteroatoms. The Morgan fingerprint density at radius 3 is 2.72 bits per heavy atom.